The Labute approximate surface area is 121 Å². The van der Waals surface area contributed by atoms with E-state index >= 15 is 0 Å². The van der Waals surface area contributed by atoms with Crippen LogP contribution in [0.3, 0.4) is 0 Å². The molecule has 0 amide bonds. The molecule has 0 aromatic rings. The van der Waals surface area contributed by atoms with Gasteiger partial charge in [0.25, 0.3) is 0 Å². The van der Waals surface area contributed by atoms with Crippen molar-refractivity contribution in [2.75, 3.05) is 46.8 Å². The van der Waals surface area contributed by atoms with E-state index in [0.29, 0.717) is 0 Å². The molecule has 3 heteroatoms. The number of hydrogen-bond acceptors (Lipinski definition) is 3. The van der Waals surface area contributed by atoms with Crippen molar-refractivity contribution < 1.29 is 0 Å². The molecule has 116 valence electrons. The molecule has 0 spiro atoms. The second kappa shape index (κ2) is 12.9. The highest BCUT2D eigenvalue weighted by Crippen LogP contribution is 2.04. The molecule has 0 radical (unpaired) electrons. The maximum Gasteiger partial charge on any atom is 0.0109 e. The molecule has 1 atom stereocenters. The molecule has 0 bridgehead atoms. The molecule has 0 aromatic heterocycles. The van der Waals surface area contributed by atoms with Crippen LogP contribution in [0.5, 0.6) is 0 Å². The van der Waals surface area contributed by atoms with Gasteiger partial charge in [0.15, 0.2) is 0 Å². The van der Waals surface area contributed by atoms with Gasteiger partial charge < -0.3 is 15.1 Å². The third-order valence-corrected chi connectivity index (χ3v) is 3.61. The van der Waals surface area contributed by atoms with Crippen LogP contribution in [-0.4, -0.2) is 62.7 Å². The van der Waals surface area contributed by atoms with Gasteiger partial charge in [0.1, 0.15) is 0 Å². The molecule has 0 aliphatic rings. The maximum atomic E-state index is 3.65. The summed E-state index contributed by atoms with van der Waals surface area (Å²) in [4.78, 5) is 4.90. The molecule has 1 N–H and O–H groups in total. The van der Waals surface area contributed by atoms with Crippen LogP contribution in [-0.2, 0) is 0 Å². The Hall–Kier alpha value is -0.120. The van der Waals surface area contributed by atoms with Crippen LogP contribution >= 0.6 is 0 Å². The highest BCUT2D eigenvalue weighted by molar-refractivity contribution is 4.67. The van der Waals surface area contributed by atoms with Gasteiger partial charge in [-0.25, -0.2) is 0 Å². The summed E-state index contributed by atoms with van der Waals surface area (Å²) in [5, 5.41) is 3.65. The van der Waals surface area contributed by atoms with Crippen LogP contribution in [0.2, 0.25) is 0 Å². The minimum Gasteiger partial charge on any atom is -0.314 e. The van der Waals surface area contributed by atoms with Crippen LogP contribution in [0.25, 0.3) is 0 Å². The Morgan fingerprint density at radius 2 is 1.63 bits per heavy atom. The third kappa shape index (κ3) is 11.4. The minimum atomic E-state index is 0.720. The topological polar surface area (TPSA) is 18.5 Å². The van der Waals surface area contributed by atoms with Crippen LogP contribution < -0.4 is 5.32 Å². The van der Waals surface area contributed by atoms with Crippen LogP contribution in [0, 0.1) is 0 Å². The summed E-state index contributed by atoms with van der Waals surface area (Å²) < 4.78 is 0. The average Bonchev–Trinajstić information content (AvgIpc) is 2.39. The largest absolute Gasteiger partial charge is 0.314 e. The lowest BCUT2D eigenvalue weighted by atomic mass is 10.1. The predicted molar refractivity (Wildman–Crippen MR) is 86.9 cm³/mol. The molecule has 0 aliphatic heterocycles. The number of hydrogen-bond donors (Lipinski definition) is 1. The van der Waals surface area contributed by atoms with Crippen molar-refractivity contribution in [3.63, 3.8) is 0 Å². The van der Waals surface area contributed by atoms with E-state index in [1.54, 1.807) is 0 Å². The Kier molecular flexibility index (Phi) is 12.8. The van der Waals surface area contributed by atoms with Gasteiger partial charge in [0, 0.05) is 19.1 Å². The molecule has 0 aliphatic carbocycles. The molecule has 0 fully saturated rings. The fourth-order valence-corrected chi connectivity index (χ4v) is 2.35. The second-order valence-electron chi connectivity index (χ2n) is 5.85. The van der Waals surface area contributed by atoms with Crippen molar-refractivity contribution in [1.29, 1.82) is 0 Å². The fraction of sp³-hybridized carbons (Fsp3) is 1.00. The smallest absolute Gasteiger partial charge is 0.0109 e. The normalized spacial score (nSPS) is 13.4. The lowest BCUT2D eigenvalue weighted by Crippen LogP contribution is -2.34. The maximum absolute atomic E-state index is 3.65. The molecule has 0 rings (SSSR count). The van der Waals surface area contributed by atoms with Crippen molar-refractivity contribution in [3.8, 4) is 0 Å². The van der Waals surface area contributed by atoms with Crippen molar-refractivity contribution in [3.05, 3.63) is 0 Å². The number of likely N-dealkylation sites (N-methyl/N-ethyl adjacent to an activating group) is 1. The Morgan fingerprint density at radius 1 is 0.895 bits per heavy atom. The molecule has 1 unspecified atom stereocenters. The van der Waals surface area contributed by atoms with E-state index in [0.717, 1.165) is 12.6 Å². The van der Waals surface area contributed by atoms with Gasteiger partial charge in [-0.2, -0.15) is 0 Å². The zero-order valence-electron chi connectivity index (χ0n) is 14.0. The zero-order valence-corrected chi connectivity index (χ0v) is 14.0. The Morgan fingerprint density at radius 3 is 2.16 bits per heavy atom. The van der Waals surface area contributed by atoms with E-state index in [2.05, 4.69) is 50.0 Å². The average molecular weight is 271 g/mol. The van der Waals surface area contributed by atoms with Crippen LogP contribution in [0.1, 0.15) is 52.9 Å². The summed E-state index contributed by atoms with van der Waals surface area (Å²) in [5.41, 5.74) is 0. The quantitative estimate of drug-likeness (QED) is 0.556. The van der Waals surface area contributed by atoms with Crippen LogP contribution in [0.4, 0.5) is 0 Å². The number of nitrogens with one attached hydrogen (secondary N) is 1. The number of nitrogens with zero attached hydrogens (tertiary/aromatic N) is 2. The highest BCUT2D eigenvalue weighted by Gasteiger charge is 2.08. The van der Waals surface area contributed by atoms with Gasteiger partial charge >= 0.3 is 0 Å². The summed E-state index contributed by atoms with van der Waals surface area (Å²) in [6, 6.07) is 0.720. The standard InChI is InChI=1S/C16H37N3/c1-6-11-17-16(8-3)10-9-13-19(12-7-2)15-14-18(4)5/h16-17H,6-15H2,1-5H3. The van der Waals surface area contributed by atoms with Gasteiger partial charge in [0.2, 0.25) is 0 Å². The lowest BCUT2D eigenvalue weighted by Gasteiger charge is -2.24. The summed E-state index contributed by atoms with van der Waals surface area (Å²) in [7, 11) is 4.32. The van der Waals surface area contributed by atoms with E-state index in [-0.39, 0.29) is 0 Å². The van der Waals surface area contributed by atoms with Gasteiger partial charge in [-0.3, -0.25) is 0 Å². The summed E-state index contributed by atoms with van der Waals surface area (Å²) in [5.74, 6) is 0. The summed E-state index contributed by atoms with van der Waals surface area (Å²) in [6.07, 6.45) is 6.40. The SMILES string of the molecule is CCCNC(CC)CCCN(CCC)CCN(C)C. The summed E-state index contributed by atoms with van der Waals surface area (Å²) >= 11 is 0. The Balaban J connectivity index is 3.82. The Bertz CT molecular complexity index is 183. The lowest BCUT2D eigenvalue weighted by molar-refractivity contribution is 0.233. The van der Waals surface area contributed by atoms with Crippen molar-refractivity contribution >= 4 is 0 Å². The second-order valence-corrected chi connectivity index (χ2v) is 5.85. The van der Waals surface area contributed by atoms with E-state index in [4.69, 9.17) is 0 Å². The first-order chi connectivity index (χ1) is 9.13. The van der Waals surface area contributed by atoms with Crippen molar-refractivity contribution in [2.24, 2.45) is 0 Å². The molecule has 0 saturated heterocycles. The molecule has 0 aromatic carbocycles. The first-order valence-corrected chi connectivity index (χ1v) is 8.24. The van der Waals surface area contributed by atoms with Gasteiger partial charge in [-0.05, 0) is 65.8 Å². The first-order valence-electron chi connectivity index (χ1n) is 8.24. The molecule has 3 nitrogen and oxygen atoms in total. The molecule has 19 heavy (non-hydrogen) atoms. The molecule has 0 saturated carbocycles. The minimum absolute atomic E-state index is 0.720. The fourth-order valence-electron chi connectivity index (χ4n) is 2.35. The predicted octanol–water partition coefficient (Wildman–Crippen LogP) is 2.82. The van der Waals surface area contributed by atoms with E-state index in [1.165, 1.54) is 58.3 Å². The molecule has 0 heterocycles. The third-order valence-electron chi connectivity index (χ3n) is 3.61. The first kappa shape index (κ1) is 18.9. The van der Waals surface area contributed by atoms with Gasteiger partial charge in [-0.15, -0.1) is 0 Å². The van der Waals surface area contributed by atoms with Crippen molar-refractivity contribution in [2.45, 2.75) is 58.9 Å². The van der Waals surface area contributed by atoms with Crippen molar-refractivity contribution in [1.82, 2.24) is 15.1 Å². The molecular formula is C16H37N3. The molecular weight excluding hydrogens is 234 g/mol. The number of rotatable bonds is 13. The van der Waals surface area contributed by atoms with E-state index < -0.39 is 0 Å². The zero-order chi connectivity index (χ0) is 14.5. The highest BCUT2D eigenvalue weighted by atomic mass is 15.2. The van der Waals surface area contributed by atoms with Crippen LogP contribution in [0.15, 0.2) is 0 Å². The van der Waals surface area contributed by atoms with E-state index in [1.807, 2.05) is 0 Å². The monoisotopic (exact) mass is 271 g/mol. The van der Waals surface area contributed by atoms with Gasteiger partial charge in [-0.1, -0.05) is 20.8 Å². The summed E-state index contributed by atoms with van der Waals surface area (Å²) in [6.45, 7) is 12.9. The van der Waals surface area contributed by atoms with Gasteiger partial charge in [0.05, 0.1) is 0 Å². The van der Waals surface area contributed by atoms with E-state index in [9.17, 15) is 0 Å².